The molecule has 0 aromatic heterocycles. The van der Waals surface area contributed by atoms with Crippen LogP contribution in [0.1, 0.15) is 30.9 Å². The molecule has 16 heavy (non-hydrogen) atoms. The molecule has 4 heteroatoms. The molecule has 1 rings (SSSR count). The summed E-state index contributed by atoms with van der Waals surface area (Å²) in [5, 5.41) is 0. The number of benzene rings is 1. The van der Waals surface area contributed by atoms with Crippen LogP contribution in [0.4, 0.5) is 13.2 Å². The Bertz CT molecular complexity index is 380. The largest absolute Gasteiger partial charge is 0.573 e. The molecule has 88 valence electrons. The third-order valence-corrected chi connectivity index (χ3v) is 2.15. The molecule has 0 heterocycles. The van der Waals surface area contributed by atoms with E-state index in [0.29, 0.717) is 5.56 Å². The van der Waals surface area contributed by atoms with Crippen LogP contribution in [0.25, 0.3) is 6.08 Å². The zero-order valence-corrected chi connectivity index (χ0v) is 9.14. The molecule has 0 unspecified atom stereocenters. The van der Waals surface area contributed by atoms with E-state index in [2.05, 4.69) is 11.3 Å². The normalized spacial score (nSPS) is 11.6. The van der Waals surface area contributed by atoms with E-state index in [4.69, 9.17) is 0 Å². The van der Waals surface area contributed by atoms with Crippen molar-refractivity contribution in [2.45, 2.75) is 26.1 Å². The minimum atomic E-state index is -4.67. The van der Waals surface area contributed by atoms with Gasteiger partial charge in [-0.05, 0) is 17.5 Å². The molecule has 1 nitrogen and oxygen atoms in total. The smallest absolute Gasteiger partial charge is 0.405 e. The highest BCUT2D eigenvalue weighted by Crippen LogP contribution is 2.32. The molecule has 0 amide bonds. The van der Waals surface area contributed by atoms with Gasteiger partial charge in [0.25, 0.3) is 0 Å². The third kappa shape index (κ3) is 3.02. The Morgan fingerprint density at radius 3 is 2.38 bits per heavy atom. The molecule has 0 N–H and O–H groups in total. The average Bonchev–Trinajstić information content (AvgIpc) is 2.14. The Kier molecular flexibility index (Phi) is 3.62. The van der Waals surface area contributed by atoms with E-state index in [0.717, 1.165) is 5.56 Å². The Morgan fingerprint density at radius 1 is 1.31 bits per heavy atom. The molecule has 0 spiro atoms. The van der Waals surface area contributed by atoms with Crippen LogP contribution in [-0.4, -0.2) is 6.36 Å². The SMILES string of the molecule is C=Cc1c(OC(F)(F)F)cccc1C(C)C. The predicted molar refractivity (Wildman–Crippen MR) is 57.3 cm³/mol. The zero-order chi connectivity index (χ0) is 12.3. The van der Waals surface area contributed by atoms with Crippen molar-refractivity contribution in [3.05, 3.63) is 35.9 Å². The van der Waals surface area contributed by atoms with Crippen LogP contribution in [-0.2, 0) is 0 Å². The first kappa shape index (κ1) is 12.6. The maximum absolute atomic E-state index is 12.1. The maximum atomic E-state index is 12.1. The molecule has 0 aliphatic rings. The van der Waals surface area contributed by atoms with Gasteiger partial charge in [0.15, 0.2) is 0 Å². The van der Waals surface area contributed by atoms with Gasteiger partial charge in [-0.25, -0.2) is 0 Å². The van der Waals surface area contributed by atoms with Crippen LogP contribution in [0.5, 0.6) is 5.75 Å². The van der Waals surface area contributed by atoms with Crippen LogP contribution in [0, 0.1) is 0 Å². The quantitative estimate of drug-likeness (QED) is 0.750. The predicted octanol–water partition coefficient (Wildman–Crippen LogP) is 4.35. The minimum absolute atomic E-state index is 0.116. The van der Waals surface area contributed by atoms with E-state index in [9.17, 15) is 13.2 Å². The first-order chi connectivity index (χ1) is 7.35. The maximum Gasteiger partial charge on any atom is 0.573 e. The lowest BCUT2D eigenvalue weighted by atomic mass is 9.96. The van der Waals surface area contributed by atoms with Gasteiger partial charge in [-0.2, -0.15) is 0 Å². The molecule has 0 atom stereocenters. The zero-order valence-electron chi connectivity index (χ0n) is 9.14. The molecule has 0 aliphatic carbocycles. The average molecular weight is 230 g/mol. The fourth-order valence-corrected chi connectivity index (χ4v) is 1.50. The summed E-state index contributed by atoms with van der Waals surface area (Å²) in [7, 11) is 0. The molecule has 0 bridgehead atoms. The van der Waals surface area contributed by atoms with Crippen molar-refractivity contribution < 1.29 is 17.9 Å². The van der Waals surface area contributed by atoms with Crippen molar-refractivity contribution in [1.82, 2.24) is 0 Å². The van der Waals surface area contributed by atoms with Crippen molar-refractivity contribution in [3.63, 3.8) is 0 Å². The molecule has 0 saturated heterocycles. The van der Waals surface area contributed by atoms with Crippen LogP contribution in [0.3, 0.4) is 0 Å². The van der Waals surface area contributed by atoms with Crippen LogP contribution < -0.4 is 4.74 Å². The lowest BCUT2D eigenvalue weighted by molar-refractivity contribution is -0.274. The van der Waals surface area contributed by atoms with Gasteiger partial charge in [-0.3, -0.25) is 0 Å². The van der Waals surface area contributed by atoms with E-state index in [1.165, 1.54) is 12.1 Å². The monoisotopic (exact) mass is 230 g/mol. The number of alkyl halides is 3. The van der Waals surface area contributed by atoms with E-state index in [-0.39, 0.29) is 11.7 Å². The van der Waals surface area contributed by atoms with Crippen molar-refractivity contribution in [1.29, 1.82) is 0 Å². The van der Waals surface area contributed by atoms with E-state index >= 15 is 0 Å². The van der Waals surface area contributed by atoms with Gasteiger partial charge in [0, 0.05) is 5.56 Å². The Labute approximate surface area is 92.5 Å². The van der Waals surface area contributed by atoms with Gasteiger partial charge in [0.05, 0.1) is 0 Å². The van der Waals surface area contributed by atoms with Gasteiger partial charge < -0.3 is 4.74 Å². The van der Waals surface area contributed by atoms with Crippen molar-refractivity contribution >= 4 is 6.08 Å². The number of ether oxygens (including phenoxy) is 1. The topological polar surface area (TPSA) is 9.23 Å². The number of halogens is 3. The fraction of sp³-hybridized carbons (Fsp3) is 0.333. The Balaban J connectivity index is 3.19. The van der Waals surface area contributed by atoms with Gasteiger partial charge in [0.2, 0.25) is 0 Å². The summed E-state index contributed by atoms with van der Waals surface area (Å²) in [6.07, 6.45) is -3.29. The van der Waals surface area contributed by atoms with Gasteiger partial charge >= 0.3 is 6.36 Å². The number of hydrogen-bond donors (Lipinski definition) is 0. The number of rotatable bonds is 3. The second kappa shape index (κ2) is 4.60. The lowest BCUT2D eigenvalue weighted by Crippen LogP contribution is -2.18. The summed E-state index contributed by atoms with van der Waals surface area (Å²) in [5.41, 5.74) is 1.19. The summed E-state index contributed by atoms with van der Waals surface area (Å²) in [6.45, 7) is 7.32. The standard InChI is InChI=1S/C12H13F3O/c1-4-9-10(8(2)3)6-5-7-11(9)16-12(13,14)15/h4-8H,1H2,2-3H3. The molecule has 0 fully saturated rings. The Hall–Kier alpha value is -1.45. The Morgan fingerprint density at radius 2 is 1.94 bits per heavy atom. The fourth-order valence-electron chi connectivity index (χ4n) is 1.50. The highest BCUT2D eigenvalue weighted by Gasteiger charge is 2.32. The molecule has 1 aromatic carbocycles. The summed E-state index contributed by atoms with van der Waals surface area (Å²) in [5.74, 6) is -0.0847. The molecular formula is C12H13F3O. The molecule has 1 aromatic rings. The first-order valence-electron chi connectivity index (χ1n) is 4.86. The van der Waals surface area contributed by atoms with Crippen molar-refractivity contribution in [2.24, 2.45) is 0 Å². The second-order valence-corrected chi connectivity index (χ2v) is 3.67. The summed E-state index contributed by atoms with van der Waals surface area (Å²) in [6, 6.07) is 4.60. The molecule has 0 aliphatic heterocycles. The minimum Gasteiger partial charge on any atom is -0.405 e. The second-order valence-electron chi connectivity index (χ2n) is 3.67. The molecule has 0 saturated carbocycles. The summed E-state index contributed by atoms with van der Waals surface area (Å²) >= 11 is 0. The molecule has 0 radical (unpaired) electrons. The van der Waals surface area contributed by atoms with Crippen LogP contribution in [0.15, 0.2) is 24.8 Å². The summed E-state index contributed by atoms with van der Waals surface area (Å²) in [4.78, 5) is 0. The van der Waals surface area contributed by atoms with E-state index < -0.39 is 6.36 Å². The molecular weight excluding hydrogens is 217 g/mol. The lowest BCUT2D eigenvalue weighted by Gasteiger charge is -2.16. The number of hydrogen-bond acceptors (Lipinski definition) is 1. The van der Waals surface area contributed by atoms with Crippen molar-refractivity contribution in [2.75, 3.05) is 0 Å². The van der Waals surface area contributed by atoms with Gasteiger partial charge in [-0.1, -0.05) is 38.6 Å². The summed E-state index contributed by atoms with van der Waals surface area (Å²) < 4.78 is 40.3. The van der Waals surface area contributed by atoms with E-state index in [1.807, 2.05) is 13.8 Å². The van der Waals surface area contributed by atoms with Gasteiger partial charge in [-0.15, -0.1) is 13.2 Å². The highest BCUT2D eigenvalue weighted by atomic mass is 19.4. The first-order valence-corrected chi connectivity index (χ1v) is 4.86. The van der Waals surface area contributed by atoms with Crippen LogP contribution in [0.2, 0.25) is 0 Å². The third-order valence-electron chi connectivity index (χ3n) is 2.15. The van der Waals surface area contributed by atoms with Crippen molar-refractivity contribution in [3.8, 4) is 5.75 Å². The highest BCUT2D eigenvalue weighted by molar-refractivity contribution is 5.60. The van der Waals surface area contributed by atoms with Crippen LogP contribution >= 0.6 is 0 Å². The van der Waals surface area contributed by atoms with Gasteiger partial charge in [0.1, 0.15) is 5.75 Å². The van der Waals surface area contributed by atoms with E-state index in [1.54, 1.807) is 12.1 Å².